The van der Waals surface area contributed by atoms with E-state index in [9.17, 15) is 0 Å². The second-order valence-corrected chi connectivity index (χ2v) is 17.6. The van der Waals surface area contributed by atoms with Gasteiger partial charge in [-0.1, -0.05) is 182 Å². The van der Waals surface area contributed by atoms with Gasteiger partial charge in [0.1, 0.15) is 0 Å². The predicted octanol–water partition coefficient (Wildman–Crippen LogP) is 8.94. The summed E-state index contributed by atoms with van der Waals surface area (Å²) in [4.78, 5) is 0. The van der Waals surface area contributed by atoms with Crippen molar-refractivity contribution >= 4 is 67.7 Å². The highest BCUT2D eigenvalue weighted by Gasteiger charge is 2.31. The zero-order chi connectivity index (χ0) is 32.6. The Morgan fingerprint density at radius 3 is 0.917 bits per heavy atom. The highest BCUT2D eigenvalue weighted by atomic mass is 31.2. The van der Waals surface area contributed by atoms with Crippen LogP contribution in [0.4, 0.5) is 0 Å². The van der Waals surface area contributed by atoms with Gasteiger partial charge in [-0.05, 0) is 44.8 Å². The summed E-state index contributed by atoms with van der Waals surface area (Å²) in [6.07, 6.45) is 0. The molecule has 0 aliphatic rings. The molecule has 8 rings (SSSR count). The van der Waals surface area contributed by atoms with Crippen molar-refractivity contribution in [3.63, 3.8) is 0 Å². The van der Waals surface area contributed by atoms with Crippen molar-refractivity contribution < 1.29 is 9.13 Å². The number of hydrogen-bond donors (Lipinski definition) is 0. The molecule has 48 heavy (non-hydrogen) atoms. The fourth-order valence-electron chi connectivity index (χ4n) is 6.64. The molecule has 0 aromatic heterocycles. The van der Waals surface area contributed by atoms with Crippen molar-refractivity contribution in [2.75, 3.05) is 0 Å². The van der Waals surface area contributed by atoms with Crippen LogP contribution in [-0.2, 0) is 9.13 Å². The number of benzene rings is 8. The highest BCUT2D eigenvalue weighted by Crippen LogP contribution is 2.45. The monoisotopic (exact) mass is 654 g/mol. The lowest BCUT2D eigenvalue weighted by Gasteiger charge is -2.21. The summed E-state index contributed by atoms with van der Waals surface area (Å²) < 4.78 is 30.4. The summed E-state index contributed by atoms with van der Waals surface area (Å²) in [7, 11) is -6.29. The lowest BCUT2D eigenvalue weighted by Crippen LogP contribution is -2.25. The van der Waals surface area contributed by atoms with E-state index in [4.69, 9.17) is 0 Å². The molecule has 0 aliphatic heterocycles. The molecule has 0 spiro atoms. The fourth-order valence-corrected chi connectivity index (χ4v) is 12.0. The quantitative estimate of drug-likeness (QED) is 0.161. The molecule has 8 aromatic carbocycles. The van der Waals surface area contributed by atoms with E-state index in [0.717, 1.165) is 64.5 Å². The van der Waals surface area contributed by atoms with Crippen molar-refractivity contribution in [2.24, 2.45) is 0 Å². The molecule has 0 heterocycles. The zero-order valence-electron chi connectivity index (χ0n) is 26.2. The van der Waals surface area contributed by atoms with E-state index in [1.807, 2.05) is 146 Å². The van der Waals surface area contributed by atoms with Crippen molar-refractivity contribution in [1.82, 2.24) is 0 Å². The summed E-state index contributed by atoms with van der Waals surface area (Å²) >= 11 is 0. The van der Waals surface area contributed by atoms with Gasteiger partial charge in [0.15, 0.2) is 14.3 Å². The Morgan fingerprint density at radius 1 is 0.250 bits per heavy atom. The van der Waals surface area contributed by atoms with Crippen LogP contribution in [0.1, 0.15) is 0 Å². The first-order chi connectivity index (χ1) is 23.5. The van der Waals surface area contributed by atoms with Gasteiger partial charge in [-0.3, -0.25) is 0 Å². The van der Waals surface area contributed by atoms with Gasteiger partial charge in [0.2, 0.25) is 0 Å². The molecule has 230 valence electrons. The number of rotatable bonds is 7. The maximum absolute atomic E-state index is 15.2. The number of fused-ring (bicyclic) bond motifs is 2. The minimum absolute atomic E-state index is 0.786. The molecule has 2 nitrogen and oxygen atoms in total. The van der Waals surface area contributed by atoms with Crippen LogP contribution < -0.4 is 31.8 Å². The Kier molecular flexibility index (Phi) is 7.78. The van der Waals surface area contributed by atoms with Crippen LogP contribution in [0.25, 0.3) is 32.7 Å². The zero-order valence-corrected chi connectivity index (χ0v) is 28.0. The van der Waals surface area contributed by atoms with Gasteiger partial charge in [-0.15, -0.1) is 0 Å². The third-order valence-corrected chi connectivity index (χ3v) is 15.3. The van der Waals surface area contributed by atoms with Crippen LogP contribution >= 0.6 is 14.3 Å². The van der Waals surface area contributed by atoms with E-state index < -0.39 is 14.3 Å². The van der Waals surface area contributed by atoms with Crippen LogP contribution in [0.15, 0.2) is 194 Å². The predicted molar refractivity (Wildman–Crippen MR) is 206 cm³/mol. The lowest BCUT2D eigenvalue weighted by atomic mass is 10.1. The van der Waals surface area contributed by atoms with E-state index in [0.29, 0.717) is 0 Å². The first kappa shape index (κ1) is 30.1. The summed E-state index contributed by atoms with van der Waals surface area (Å²) in [6, 6.07) is 64.3. The lowest BCUT2D eigenvalue weighted by molar-refractivity contribution is 0.591. The maximum Gasteiger partial charge on any atom is 0.171 e. The Hall–Kier alpha value is -5.26. The molecular formula is C44H32O2P2. The molecule has 0 saturated heterocycles. The summed E-state index contributed by atoms with van der Waals surface area (Å²) in [6.45, 7) is 0. The molecule has 0 aliphatic carbocycles. The van der Waals surface area contributed by atoms with Gasteiger partial charge in [-0.2, -0.15) is 0 Å². The van der Waals surface area contributed by atoms with Gasteiger partial charge in [0.05, 0.1) is 0 Å². The second-order valence-electron chi connectivity index (χ2n) is 12.0. The van der Waals surface area contributed by atoms with Gasteiger partial charge < -0.3 is 9.13 Å². The third-order valence-electron chi connectivity index (χ3n) is 9.23. The normalized spacial score (nSPS) is 13.9. The molecule has 0 fully saturated rings. The van der Waals surface area contributed by atoms with E-state index >= 15 is 9.13 Å². The van der Waals surface area contributed by atoms with Gasteiger partial charge in [-0.25, -0.2) is 0 Å². The second kappa shape index (κ2) is 12.4. The minimum Gasteiger partial charge on any atom is -0.309 e. The molecule has 0 N–H and O–H groups in total. The maximum atomic E-state index is 15.2. The SMILES string of the molecule is O=P(c1ccccc1)(c1ccc(-c2ccc(P(=O)(c3ccccc3)c3ccc4ccccc4c3)cc2)cc1)c1ccc2ccccc2c1. The molecule has 8 aromatic rings. The summed E-state index contributed by atoms with van der Waals surface area (Å²) in [5.41, 5.74) is 2.01. The smallest absolute Gasteiger partial charge is 0.171 e. The van der Waals surface area contributed by atoms with Crippen LogP contribution in [0.3, 0.4) is 0 Å². The molecular weight excluding hydrogens is 622 g/mol. The Bertz CT molecular complexity index is 2310. The van der Waals surface area contributed by atoms with Crippen molar-refractivity contribution in [2.45, 2.75) is 0 Å². The number of hydrogen-bond acceptors (Lipinski definition) is 2. The molecule has 0 saturated carbocycles. The summed E-state index contributed by atoms with van der Waals surface area (Å²) in [5, 5.41) is 9.20. The van der Waals surface area contributed by atoms with E-state index in [1.165, 1.54) is 0 Å². The average molecular weight is 655 g/mol. The standard InChI is InChI=1S/C44H32O2P2/c45-47(39-15-3-1-4-16-39,43-29-23-33-11-7-9-13-37(33)31-43)41-25-19-35(20-26-41)36-21-27-42(28-22-36)48(46,40-17-5-2-6-18-40)44-30-24-34-12-8-10-14-38(34)32-44/h1-32H. The van der Waals surface area contributed by atoms with Crippen LogP contribution in [-0.4, -0.2) is 0 Å². The molecule has 0 bridgehead atoms. The average Bonchev–Trinajstić information content (AvgIpc) is 3.17. The minimum atomic E-state index is -3.14. The molecule has 2 atom stereocenters. The Labute approximate surface area is 281 Å². The van der Waals surface area contributed by atoms with E-state index in [2.05, 4.69) is 48.5 Å². The largest absolute Gasteiger partial charge is 0.309 e. The molecule has 4 heteroatoms. The van der Waals surface area contributed by atoms with Crippen molar-refractivity contribution in [1.29, 1.82) is 0 Å². The molecule has 0 amide bonds. The first-order valence-corrected chi connectivity index (χ1v) is 19.5. The van der Waals surface area contributed by atoms with Gasteiger partial charge in [0, 0.05) is 31.8 Å². The highest BCUT2D eigenvalue weighted by molar-refractivity contribution is 7.85. The Morgan fingerprint density at radius 2 is 0.542 bits per heavy atom. The van der Waals surface area contributed by atoms with Crippen LogP contribution in [0.5, 0.6) is 0 Å². The van der Waals surface area contributed by atoms with Crippen molar-refractivity contribution in [3.05, 3.63) is 194 Å². The van der Waals surface area contributed by atoms with Gasteiger partial charge in [0.25, 0.3) is 0 Å². The topological polar surface area (TPSA) is 34.1 Å². The van der Waals surface area contributed by atoms with Crippen LogP contribution in [0.2, 0.25) is 0 Å². The first-order valence-electron chi connectivity index (χ1n) is 16.1. The molecule has 2 unspecified atom stereocenters. The van der Waals surface area contributed by atoms with Gasteiger partial charge >= 0.3 is 0 Å². The Balaban J connectivity index is 1.17. The van der Waals surface area contributed by atoms with E-state index in [-0.39, 0.29) is 0 Å². The molecule has 0 radical (unpaired) electrons. The third kappa shape index (κ3) is 5.25. The van der Waals surface area contributed by atoms with Crippen LogP contribution in [0, 0.1) is 0 Å². The fraction of sp³-hybridized carbons (Fsp3) is 0. The summed E-state index contributed by atoms with van der Waals surface area (Å²) in [5.74, 6) is 0. The van der Waals surface area contributed by atoms with E-state index in [1.54, 1.807) is 0 Å². The van der Waals surface area contributed by atoms with Crippen molar-refractivity contribution in [3.8, 4) is 11.1 Å².